The van der Waals surface area contributed by atoms with Gasteiger partial charge in [0.15, 0.2) is 0 Å². The summed E-state index contributed by atoms with van der Waals surface area (Å²) in [7, 11) is 0. The molecule has 100 valence electrons. The number of aromatic nitrogens is 1. The van der Waals surface area contributed by atoms with E-state index in [2.05, 4.69) is 26.2 Å². The van der Waals surface area contributed by atoms with Crippen LogP contribution in [0.4, 0.5) is 17.1 Å². The Kier molecular flexibility index (Phi) is 3.51. The molecule has 0 aliphatic carbocycles. The first-order valence-electron chi connectivity index (χ1n) is 6.00. The maximum Gasteiger partial charge on any atom is 0.0746 e. The molecular formula is C15H11BrClN3. The van der Waals surface area contributed by atoms with Crippen LogP contribution in [0.2, 0.25) is 5.02 Å². The molecule has 0 bridgehead atoms. The second-order valence-electron chi connectivity index (χ2n) is 4.35. The fourth-order valence-electron chi connectivity index (χ4n) is 2.02. The number of anilines is 3. The molecule has 3 nitrogen and oxygen atoms in total. The number of nitrogens with one attached hydrogen (secondary N) is 1. The van der Waals surface area contributed by atoms with Gasteiger partial charge in [-0.2, -0.15) is 0 Å². The molecule has 0 amide bonds. The van der Waals surface area contributed by atoms with E-state index in [0.29, 0.717) is 10.7 Å². The summed E-state index contributed by atoms with van der Waals surface area (Å²) in [5.74, 6) is 0. The van der Waals surface area contributed by atoms with Gasteiger partial charge < -0.3 is 11.1 Å². The van der Waals surface area contributed by atoms with Crippen LogP contribution in [0.5, 0.6) is 0 Å². The molecule has 0 aliphatic heterocycles. The van der Waals surface area contributed by atoms with E-state index >= 15 is 0 Å². The molecule has 0 unspecified atom stereocenters. The Bertz CT molecular complexity index is 789. The normalized spacial score (nSPS) is 10.7. The number of benzene rings is 2. The number of para-hydroxylation sites is 1. The topological polar surface area (TPSA) is 50.9 Å². The quantitative estimate of drug-likeness (QED) is 0.687. The highest BCUT2D eigenvalue weighted by molar-refractivity contribution is 9.10. The van der Waals surface area contributed by atoms with Crippen molar-refractivity contribution in [3.05, 3.63) is 58.2 Å². The highest BCUT2D eigenvalue weighted by Crippen LogP contribution is 2.34. The number of rotatable bonds is 2. The zero-order valence-electron chi connectivity index (χ0n) is 10.4. The molecule has 0 spiro atoms. The van der Waals surface area contributed by atoms with E-state index in [1.54, 1.807) is 6.20 Å². The summed E-state index contributed by atoms with van der Waals surface area (Å²) in [6.07, 6.45) is 1.66. The number of fused-ring (bicyclic) bond motifs is 1. The maximum absolute atomic E-state index is 6.05. The van der Waals surface area contributed by atoms with Gasteiger partial charge in [-0.05, 0) is 40.2 Å². The number of nitrogens with two attached hydrogens (primary N) is 1. The van der Waals surface area contributed by atoms with Gasteiger partial charge in [-0.15, -0.1) is 0 Å². The first kappa shape index (κ1) is 13.2. The molecule has 0 aliphatic rings. The lowest BCUT2D eigenvalue weighted by molar-refractivity contribution is 1.40. The molecule has 3 rings (SSSR count). The van der Waals surface area contributed by atoms with Crippen molar-refractivity contribution in [3.8, 4) is 0 Å². The van der Waals surface area contributed by atoms with E-state index in [-0.39, 0.29) is 0 Å². The van der Waals surface area contributed by atoms with Crippen LogP contribution in [0, 0.1) is 0 Å². The van der Waals surface area contributed by atoms with Gasteiger partial charge in [0.1, 0.15) is 0 Å². The van der Waals surface area contributed by atoms with Gasteiger partial charge in [0.2, 0.25) is 0 Å². The minimum Gasteiger partial charge on any atom is -0.396 e. The van der Waals surface area contributed by atoms with Crippen molar-refractivity contribution in [1.29, 1.82) is 0 Å². The molecule has 0 saturated carbocycles. The van der Waals surface area contributed by atoms with Gasteiger partial charge in [0, 0.05) is 14.9 Å². The number of nitrogen functional groups attached to an aromatic ring is 1. The Labute approximate surface area is 129 Å². The van der Waals surface area contributed by atoms with Crippen LogP contribution in [0.15, 0.2) is 53.1 Å². The van der Waals surface area contributed by atoms with Gasteiger partial charge in [-0.1, -0.05) is 29.8 Å². The average Bonchev–Trinajstić information content (AvgIpc) is 2.46. The monoisotopic (exact) mass is 347 g/mol. The highest BCUT2D eigenvalue weighted by Gasteiger charge is 2.08. The second-order valence-corrected chi connectivity index (χ2v) is 5.65. The molecule has 2 aromatic carbocycles. The number of hydrogen-bond acceptors (Lipinski definition) is 3. The molecule has 0 atom stereocenters. The number of halogens is 2. The second kappa shape index (κ2) is 5.31. The van der Waals surface area contributed by atoms with Crippen molar-refractivity contribution in [2.24, 2.45) is 0 Å². The number of hydrogen-bond donors (Lipinski definition) is 2. The van der Waals surface area contributed by atoms with Crippen LogP contribution >= 0.6 is 27.5 Å². The predicted octanol–water partition coefficient (Wildman–Crippen LogP) is 4.98. The molecule has 3 aromatic rings. The Morgan fingerprint density at radius 1 is 1.15 bits per heavy atom. The zero-order chi connectivity index (χ0) is 14.1. The third kappa shape index (κ3) is 2.44. The SMILES string of the molecule is Nc1cnc2ccccc2c1Nc1cc(Cl)ccc1Br. The van der Waals surface area contributed by atoms with E-state index in [0.717, 1.165) is 26.8 Å². The van der Waals surface area contributed by atoms with Gasteiger partial charge in [-0.25, -0.2) is 0 Å². The van der Waals surface area contributed by atoms with Crippen LogP contribution in [-0.4, -0.2) is 4.98 Å². The van der Waals surface area contributed by atoms with E-state index in [9.17, 15) is 0 Å². The van der Waals surface area contributed by atoms with E-state index in [1.165, 1.54) is 0 Å². The fraction of sp³-hybridized carbons (Fsp3) is 0. The maximum atomic E-state index is 6.05. The number of pyridine rings is 1. The smallest absolute Gasteiger partial charge is 0.0746 e. The standard InChI is InChI=1S/C15H11BrClN3/c16-11-6-5-9(17)7-14(11)20-15-10-3-1-2-4-13(10)19-8-12(15)18/h1-8H,18H2,(H,19,20). The van der Waals surface area contributed by atoms with Crippen molar-refractivity contribution in [2.45, 2.75) is 0 Å². The van der Waals surface area contributed by atoms with Crippen molar-refractivity contribution in [1.82, 2.24) is 4.98 Å². The third-order valence-electron chi connectivity index (χ3n) is 2.99. The molecule has 1 aromatic heterocycles. The van der Waals surface area contributed by atoms with Crippen molar-refractivity contribution < 1.29 is 0 Å². The summed E-state index contributed by atoms with van der Waals surface area (Å²) < 4.78 is 0.919. The molecule has 5 heteroatoms. The summed E-state index contributed by atoms with van der Waals surface area (Å²) in [5.41, 5.74) is 9.23. The molecule has 0 fully saturated rings. The summed E-state index contributed by atoms with van der Waals surface area (Å²) in [5, 5.41) is 4.96. The van der Waals surface area contributed by atoms with Gasteiger partial charge in [-0.3, -0.25) is 4.98 Å². The first-order valence-corrected chi connectivity index (χ1v) is 7.17. The fourth-order valence-corrected chi connectivity index (χ4v) is 2.54. The van der Waals surface area contributed by atoms with Crippen molar-refractivity contribution in [2.75, 3.05) is 11.1 Å². The Morgan fingerprint density at radius 2 is 1.95 bits per heavy atom. The summed E-state index contributed by atoms with van der Waals surface area (Å²) in [4.78, 5) is 4.32. The van der Waals surface area contributed by atoms with E-state index in [4.69, 9.17) is 17.3 Å². The summed E-state index contributed by atoms with van der Waals surface area (Å²) >= 11 is 9.54. The van der Waals surface area contributed by atoms with E-state index in [1.807, 2.05) is 42.5 Å². The molecule has 1 heterocycles. The predicted molar refractivity (Wildman–Crippen MR) is 88.6 cm³/mol. The van der Waals surface area contributed by atoms with Crippen LogP contribution < -0.4 is 11.1 Å². The molecule has 20 heavy (non-hydrogen) atoms. The van der Waals surface area contributed by atoms with Crippen LogP contribution in [0.1, 0.15) is 0 Å². The third-order valence-corrected chi connectivity index (χ3v) is 3.92. The number of nitrogens with zero attached hydrogens (tertiary/aromatic N) is 1. The minimum absolute atomic E-state index is 0.593. The summed E-state index contributed by atoms with van der Waals surface area (Å²) in [6.45, 7) is 0. The lowest BCUT2D eigenvalue weighted by atomic mass is 10.1. The van der Waals surface area contributed by atoms with Gasteiger partial charge >= 0.3 is 0 Å². The Morgan fingerprint density at radius 3 is 2.80 bits per heavy atom. The van der Waals surface area contributed by atoms with Crippen molar-refractivity contribution >= 4 is 55.5 Å². The minimum atomic E-state index is 0.593. The largest absolute Gasteiger partial charge is 0.396 e. The zero-order valence-corrected chi connectivity index (χ0v) is 12.7. The van der Waals surface area contributed by atoms with Gasteiger partial charge in [0.25, 0.3) is 0 Å². The van der Waals surface area contributed by atoms with Crippen LogP contribution in [0.3, 0.4) is 0 Å². The molecule has 0 saturated heterocycles. The lowest BCUT2D eigenvalue weighted by Gasteiger charge is -2.13. The summed E-state index contributed by atoms with van der Waals surface area (Å²) in [6, 6.07) is 13.4. The van der Waals surface area contributed by atoms with Gasteiger partial charge in [0.05, 0.1) is 28.8 Å². The Balaban J connectivity index is 2.15. The first-order chi connectivity index (χ1) is 9.65. The molecule has 0 radical (unpaired) electrons. The van der Waals surface area contributed by atoms with E-state index < -0.39 is 0 Å². The average molecular weight is 349 g/mol. The van der Waals surface area contributed by atoms with Crippen molar-refractivity contribution in [3.63, 3.8) is 0 Å². The molecular weight excluding hydrogens is 338 g/mol. The highest BCUT2D eigenvalue weighted by atomic mass is 79.9. The van der Waals surface area contributed by atoms with Crippen LogP contribution in [0.25, 0.3) is 10.9 Å². The lowest BCUT2D eigenvalue weighted by Crippen LogP contribution is -1.99. The Hall–Kier alpha value is -1.78. The molecule has 3 N–H and O–H groups in total. The van der Waals surface area contributed by atoms with Crippen LogP contribution in [-0.2, 0) is 0 Å².